The summed E-state index contributed by atoms with van der Waals surface area (Å²) >= 11 is 1.16. The number of nitrogens with zero attached hydrogens (tertiary/aromatic N) is 3. The van der Waals surface area contributed by atoms with Crippen LogP contribution in [-0.2, 0) is 16.6 Å². The normalized spacial score (nSPS) is 13.8. The van der Waals surface area contributed by atoms with Gasteiger partial charge in [0.05, 0.1) is 26.1 Å². The van der Waals surface area contributed by atoms with Crippen LogP contribution < -0.4 is 15.6 Å². The van der Waals surface area contributed by atoms with Crippen molar-refractivity contribution in [1.82, 2.24) is 14.5 Å². The Morgan fingerprint density at radius 1 is 1.31 bits per heavy atom. The van der Waals surface area contributed by atoms with Gasteiger partial charge in [-0.25, -0.2) is 4.98 Å². The molecule has 0 saturated carbocycles. The molecular weight excluding hydrogens is 396 g/mol. The summed E-state index contributed by atoms with van der Waals surface area (Å²) in [6.45, 7) is 2.19. The molecule has 1 aromatic carbocycles. The van der Waals surface area contributed by atoms with Crippen LogP contribution >= 0.6 is 11.8 Å². The molecule has 2 aromatic rings. The summed E-state index contributed by atoms with van der Waals surface area (Å²) in [7, 11) is 3.06. The van der Waals surface area contributed by atoms with Gasteiger partial charge in [0.15, 0.2) is 5.16 Å². The lowest BCUT2D eigenvalue weighted by molar-refractivity contribution is -0.132. The Kier molecular flexibility index (Phi) is 6.89. The summed E-state index contributed by atoms with van der Waals surface area (Å²) < 4.78 is 11.6. The van der Waals surface area contributed by atoms with Gasteiger partial charge in [-0.15, -0.1) is 0 Å². The number of hydrogen-bond acceptors (Lipinski definition) is 7. The lowest BCUT2D eigenvalue weighted by Crippen LogP contribution is -2.41. The highest BCUT2D eigenvalue weighted by Crippen LogP contribution is 2.18. The fraction of sp³-hybridized carbons (Fsp3) is 0.368. The van der Waals surface area contributed by atoms with E-state index in [1.165, 1.54) is 24.9 Å². The largest absolute Gasteiger partial charge is 0.497 e. The second kappa shape index (κ2) is 9.57. The van der Waals surface area contributed by atoms with Crippen LogP contribution in [0.5, 0.6) is 5.75 Å². The fourth-order valence-corrected chi connectivity index (χ4v) is 3.59. The topological polar surface area (TPSA) is 103 Å². The van der Waals surface area contributed by atoms with E-state index in [2.05, 4.69) is 10.3 Å². The second-order valence-electron chi connectivity index (χ2n) is 6.29. The summed E-state index contributed by atoms with van der Waals surface area (Å²) in [6, 6.07) is 6.83. The van der Waals surface area contributed by atoms with Crippen molar-refractivity contribution in [2.24, 2.45) is 7.05 Å². The predicted molar refractivity (Wildman–Crippen MR) is 109 cm³/mol. The Morgan fingerprint density at radius 3 is 2.79 bits per heavy atom. The Morgan fingerprint density at radius 2 is 2.07 bits per heavy atom. The minimum atomic E-state index is -0.563. The van der Waals surface area contributed by atoms with E-state index in [1.807, 2.05) is 0 Å². The van der Waals surface area contributed by atoms with E-state index in [9.17, 15) is 14.4 Å². The van der Waals surface area contributed by atoms with Crippen molar-refractivity contribution in [2.75, 3.05) is 44.5 Å². The van der Waals surface area contributed by atoms with Crippen molar-refractivity contribution in [3.63, 3.8) is 0 Å². The highest BCUT2D eigenvalue weighted by Gasteiger charge is 2.19. The number of carbonyl (C=O) groups is 2. The van der Waals surface area contributed by atoms with Crippen LogP contribution in [-0.4, -0.2) is 65.4 Å². The minimum absolute atomic E-state index is 0.0348. The van der Waals surface area contributed by atoms with E-state index in [1.54, 1.807) is 29.2 Å². The van der Waals surface area contributed by atoms with Crippen LogP contribution in [0.2, 0.25) is 0 Å². The predicted octanol–water partition coefficient (Wildman–Crippen LogP) is 0.992. The van der Waals surface area contributed by atoms with Gasteiger partial charge in [-0.1, -0.05) is 17.8 Å². The first-order chi connectivity index (χ1) is 14.0. The minimum Gasteiger partial charge on any atom is -0.497 e. The average Bonchev–Trinajstić information content (AvgIpc) is 2.75. The SMILES string of the molecule is COc1cccc(NC(=O)c2cnc(SCC(=O)N3CCOCC3)n(C)c2=O)c1. The first-order valence-corrected chi connectivity index (χ1v) is 9.98. The molecule has 9 nitrogen and oxygen atoms in total. The van der Waals surface area contributed by atoms with E-state index < -0.39 is 11.5 Å². The van der Waals surface area contributed by atoms with Crippen LogP contribution in [0.3, 0.4) is 0 Å². The maximum absolute atomic E-state index is 12.6. The zero-order valence-electron chi connectivity index (χ0n) is 16.2. The highest BCUT2D eigenvalue weighted by molar-refractivity contribution is 7.99. The van der Waals surface area contributed by atoms with Crippen molar-refractivity contribution in [1.29, 1.82) is 0 Å². The number of hydrogen-bond donors (Lipinski definition) is 1. The zero-order valence-corrected chi connectivity index (χ0v) is 17.0. The van der Waals surface area contributed by atoms with Gasteiger partial charge < -0.3 is 19.7 Å². The summed E-state index contributed by atoms with van der Waals surface area (Å²) in [5.74, 6) is 0.153. The van der Waals surface area contributed by atoms with Crippen LogP contribution in [0.1, 0.15) is 10.4 Å². The van der Waals surface area contributed by atoms with Crippen molar-refractivity contribution in [3.8, 4) is 5.75 Å². The highest BCUT2D eigenvalue weighted by atomic mass is 32.2. The standard InChI is InChI=1S/C19H22N4O5S/c1-22-18(26)15(17(25)21-13-4-3-5-14(10-13)27-2)11-20-19(22)29-12-16(24)23-6-8-28-9-7-23/h3-5,10-11H,6-9,12H2,1-2H3,(H,21,25). The third kappa shape index (κ3) is 5.15. The number of morpholine rings is 1. The van der Waals surface area contributed by atoms with Crippen LogP contribution in [0.15, 0.2) is 40.4 Å². The third-order valence-corrected chi connectivity index (χ3v) is 5.42. The second-order valence-corrected chi connectivity index (χ2v) is 7.23. The van der Waals surface area contributed by atoms with E-state index >= 15 is 0 Å². The van der Waals surface area contributed by atoms with Gasteiger partial charge in [-0.05, 0) is 12.1 Å². The lowest BCUT2D eigenvalue weighted by Gasteiger charge is -2.26. The molecule has 0 unspecified atom stereocenters. The molecule has 1 saturated heterocycles. The van der Waals surface area contributed by atoms with Gasteiger partial charge in [0.1, 0.15) is 11.3 Å². The number of aromatic nitrogens is 2. The van der Waals surface area contributed by atoms with Gasteiger partial charge in [-0.3, -0.25) is 19.0 Å². The molecule has 0 atom stereocenters. The molecule has 0 bridgehead atoms. The van der Waals surface area contributed by atoms with Crippen molar-refractivity contribution >= 4 is 29.3 Å². The third-order valence-electron chi connectivity index (χ3n) is 4.39. The zero-order chi connectivity index (χ0) is 20.8. The van der Waals surface area contributed by atoms with E-state index in [4.69, 9.17) is 9.47 Å². The van der Waals surface area contributed by atoms with Crippen LogP contribution in [0.4, 0.5) is 5.69 Å². The molecule has 3 rings (SSSR count). The quantitative estimate of drug-likeness (QED) is 0.551. The molecular formula is C19H22N4O5S. The van der Waals surface area contributed by atoms with Gasteiger partial charge >= 0.3 is 0 Å². The molecule has 1 aliphatic heterocycles. The van der Waals surface area contributed by atoms with E-state index in [0.29, 0.717) is 42.9 Å². The van der Waals surface area contributed by atoms with Crippen LogP contribution in [0.25, 0.3) is 0 Å². The number of nitrogens with one attached hydrogen (secondary N) is 1. The maximum Gasteiger partial charge on any atom is 0.266 e. The van der Waals surface area contributed by atoms with E-state index in [0.717, 1.165) is 11.8 Å². The smallest absolute Gasteiger partial charge is 0.266 e. The molecule has 0 aliphatic carbocycles. The van der Waals surface area contributed by atoms with Gasteiger partial charge in [0, 0.05) is 38.1 Å². The van der Waals surface area contributed by atoms with Gasteiger partial charge in [-0.2, -0.15) is 0 Å². The molecule has 29 heavy (non-hydrogen) atoms. The Balaban J connectivity index is 1.67. The maximum atomic E-state index is 12.6. The fourth-order valence-electron chi connectivity index (χ4n) is 2.75. The molecule has 1 fully saturated rings. The number of anilines is 1. The van der Waals surface area contributed by atoms with Crippen molar-refractivity contribution in [3.05, 3.63) is 46.4 Å². The monoisotopic (exact) mass is 418 g/mol. The molecule has 10 heteroatoms. The van der Waals surface area contributed by atoms with Gasteiger partial charge in [0.25, 0.3) is 11.5 Å². The first-order valence-electron chi connectivity index (χ1n) is 8.99. The van der Waals surface area contributed by atoms with E-state index in [-0.39, 0.29) is 17.2 Å². The molecule has 2 amide bonds. The van der Waals surface area contributed by atoms with Crippen LogP contribution in [0, 0.1) is 0 Å². The summed E-state index contributed by atoms with van der Waals surface area (Å²) in [5.41, 5.74) is -0.0631. The summed E-state index contributed by atoms with van der Waals surface area (Å²) in [4.78, 5) is 43.3. The number of amides is 2. The molecule has 154 valence electrons. The number of methoxy groups -OCH3 is 1. The summed E-state index contributed by atoms with van der Waals surface area (Å²) in [6.07, 6.45) is 1.24. The number of thioether (sulfide) groups is 1. The van der Waals surface area contributed by atoms with Crippen molar-refractivity contribution in [2.45, 2.75) is 5.16 Å². The Hall–Kier alpha value is -2.85. The number of ether oxygens (including phenoxy) is 2. The molecule has 2 heterocycles. The first kappa shape index (κ1) is 20.9. The lowest BCUT2D eigenvalue weighted by atomic mass is 10.2. The molecule has 0 spiro atoms. The number of benzene rings is 1. The molecule has 1 aromatic heterocycles. The average molecular weight is 418 g/mol. The number of rotatable bonds is 6. The molecule has 1 N–H and O–H groups in total. The summed E-state index contributed by atoms with van der Waals surface area (Å²) in [5, 5.41) is 3.03. The van der Waals surface area contributed by atoms with Gasteiger partial charge in [0.2, 0.25) is 5.91 Å². The molecule has 0 radical (unpaired) electrons. The Labute approximate surface area is 172 Å². The molecule has 1 aliphatic rings. The van der Waals surface area contributed by atoms with Crippen molar-refractivity contribution < 1.29 is 19.1 Å². The Bertz CT molecular complexity index is 956. The number of carbonyl (C=O) groups excluding carboxylic acids is 2.